The first-order chi connectivity index (χ1) is 7.62. The van der Waals surface area contributed by atoms with Crippen LogP contribution in [0.25, 0.3) is 0 Å². The van der Waals surface area contributed by atoms with Gasteiger partial charge in [0.05, 0.1) is 0 Å². The molecule has 0 unspecified atom stereocenters. The topological polar surface area (TPSA) is 114 Å². The van der Waals surface area contributed by atoms with E-state index in [4.69, 9.17) is 0 Å². The molecule has 0 saturated heterocycles. The average molecular weight is 390 g/mol. The Morgan fingerprint density at radius 1 is 0.737 bits per heavy atom. The Morgan fingerprint density at radius 2 is 0.895 bits per heavy atom. The van der Waals surface area contributed by atoms with Crippen molar-refractivity contribution < 1.29 is 69.4 Å². The van der Waals surface area contributed by atoms with Crippen LogP contribution in [-0.2, 0) is 37.3 Å². The van der Waals surface area contributed by atoms with Gasteiger partial charge in [0.1, 0.15) is 0 Å². The minimum absolute atomic E-state index is 0. The van der Waals surface area contributed by atoms with Gasteiger partial charge in [-0.25, -0.2) is 25.6 Å². The van der Waals surface area contributed by atoms with E-state index in [-0.39, 0.29) is 17.1 Å². The molecule has 0 heterocycles. The molecule has 0 rings (SSSR count). The molecule has 1 radical (unpaired) electrons. The van der Waals surface area contributed by atoms with Crippen LogP contribution in [0.15, 0.2) is 0 Å². The van der Waals surface area contributed by atoms with Gasteiger partial charge in [-0.15, -0.1) is 0 Å². The first-order valence-corrected chi connectivity index (χ1v) is 6.22. The molecular weight excluding hydrogens is 386 g/mol. The predicted octanol–water partition coefficient (Wildman–Crippen LogP) is 0.185. The molecular formula is C4H4CuF6O6S2. The van der Waals surface area contributed by atoms with Crippen molar-refractivity contribution in [3.05, 3.63) is 0 Å². The van der Waals surface area contributed by atoms with Crippen molar-refractivity contribution in [3.63, 3.8) is 0 Å². The minimum Gasteiger partial charge on any atom is -0.743 e. The van der Waals surface area contributed by atoms with Crippen molar-refractivity contribution in [2.75, 3.05) is 13.3 Å². The van der Waals surface area contributed by atoms with Gasteiger partial charge in [0.25, 0.3) is 0 Å². The van der Waals surface area contributed by atoms with Crippen LogP contribution < -0.4 is 0 Å². The number of rotatable bonds is 4. The fourth-order valence-electron chi connectivity index (χ4n) is 0.134. The van der Waals surface area contributed by atoms with Crippen LogP contribution in [0.1, 0.15) is 0 Å². The van der Waals surface area contributed by atoms with Gasteiger partial charge in [-0.05, 0) is 0 Å². The normalized spacial score (nSPS) is 13.1. The van der Waals surface area contributed by atoms with Crippen LogP contribution >= 0.6 is 0 Å². The van der Waals surface area contributed by atoms with Gasteiger partial charge in [-0.3, -0.25) is 0 Å². The zero-order valence-corrected chi connectivity index (χ0v) is 10.8. The summed E-state index contributed by atoms with van der Waals surface area (Å²) in [5.41, 5.74) is 0. The summed E-state index contributed by atoms with van der Waals surface area (Å²) >= 11 is 0. The fourth-order valence-corrected chi connectivity index (χ4v) is 0.401. The van der Waals surface area contributed by atoms with Crippen LogP contribution in [0, 0.1) is 0 Å². The molecule has 0 aromatic carbocycles. The third-order valence-corrected chi connectivity index (χ3v) is 2.72. The first kappa shape index (κ1) is 24.0. The summed E-state index contributed by atoms with van der Waals surface area (Å²) in [6, 6.07) is 0. The molecule has 0 aliphatic rings. The fraction of sp³-hybridized carbons (Fsp3) is 1.00. The van der Waals surface area contributed by atoms with Crippen molar-refractivity contribution in [1.82, 2.24) is 0 Å². The summed E-state index contributed by atoms with van der Waals surface area (Å²) < 4.78 is 123. The molecule has 0 aliphatic carbocycles. The van der Waals surface area contributed by atoms with E-state index in [0.29, 0.717) is 0 Å². The van der Waals surface area contributed by atoms with Gasteiger partial charge in [0, 0.05) is 0 Å². The van der Waals surface area contributed by atoms with Crippen molar-refractivity contribution in [2.24, 2.45) is 0 Å². The quantitative estimate of drug-likeness (QED) is 0.385. The van der Waals surface area contributed by atoms with Crippen molar-refractivity contribution >= 4 is 20.2 Å². The van der Waals surface area contributed by atoms with Gasteiger partial charge in [-0.2, -0.15) is 17.6 Å². The molecule has 0 aliphatic heterocycles. The Bertz CT molecular complexity index is 416. The zero-order chi connectivity index (χ0) is 15.4. The van der Waals surface area contributed by atoms with Crippen molar-refractivity contribution in [2.45, 2.75) is 10.5 Å². The summed E-state index contributed by atoms with van der Waals surface area (Å²) in [5, 5.41) is -9.54. The maximum atomic E-state index is 11.4. The SMILES string of the molecule is O=S(=O)([O-])C(F)(F)CF.O=S(=O)([O-])C(F)(F)CF.[Cu+2]. The average Bonchev–Trinajstić information content (AvgIpc) is 2.15. The maximum Gasteiger partial charge on any atom is 2.00 e. The van der Waals surface area contributed by atoms with Gasteiger partial charge in [0.15, 0.2) is 33.6 Å². The first-order valence-electron chi connectivity index (χ1n) is 3.41. The molecule has 0 bridgehead atoms. The predicted molar refractivity (Wildman–Crippen MR) is 41.2 cm³/mol. The molecule has 0 amide bonds. The van der Waals surface area contributed by atoms with E-state index in [2.05, 4.69) is 0 Å². The Morgan fingerprint density at radius 3 is 0.895 bits per heavy atom. The van der Waals surface area contributed by atoms with E-state index in [1.807, 2.05) is 0 Å². The van der Waals surface area contributed by atoms with Crippen molar-refractivity contribution in [1.29, 1.82) is 0 Å². The molecule has 0 aromatic rings. The maximum absolute atomic E-state index is 11.4. The second kappa shape index (κ2) is 7.64. The zero-order valence-electron chi connectivity index (χ0n) is 8.25. The van der Waals surface area contributed by atoms with Crippen molar-refractivity contribution in [3.8, 4) is 0 Å². The van der Waals surface area contributed by atoms with E-state index in [1.165, 1.54) is 0 Å². The Kier molecular flexibility index (Phi) is 9.63. The molecule has 15 heteroatoms. The number of hydrogen-bond donors (Lipinski definition) is 0. The molecule has 0 atom stereocenters. The van der Waals surface area contributed by atoms with Gasteiger partial charge in [0.2, 0.25) is 0 Å². The summed E-state index contributed by atoms with van der Waals surface area (Å²) in [7, 11) is -11.6. The molecule has 0 fully saturated rings. The van der Waals surface area contributed by atoms with Gasteiger partial charge in [-0.1, -0.05) is 0 Å². The second-order valence-corrected chi connectivity index (χ2v) is 5.46. The summed E-state index contributed by atoms with van der Waals surface area (Å²) in [4.78, 5) is 0. The molecule has 19 heavy (non-hydrogen) atoms. The smallest absolute Gasteiger partial charge is 0.743 e. The number of halogens is 6. The second-order valence-electron chi connectivity index (χ2n) is 2.45. The molecule has 0 aromatic heterocycles. The Hall–Kier alpha value is -0.0805. The molecule has 121 valence electrons. The summed E-state index contributed by atoms with van der Waals surface area (Å²) in [6.07, 6.45) is 0. The molecule has 6 nitrogen and oxygen atoms in total. The summed E-state index contributed by atoms with van der Waals surface area (Å²) in [6.45, 7) is -4.95. The number of hydrogen-bond acceptors (Lipinski definition) is 6. The van der Waals surface area contributed by atoms with E-state index < -0.39 is 44.1 Å². The van der Waals surface area contributed by atoms with Gasteiger partial charge >= 0.3 is 27.6 Å². The molecule has 0 N–H and O–H groups in total. The van der Waals surface area contributed by atoms with E-state index >= 15 is 0 Å². The molecule has 0 saturated carbocycles. The van der Waals surface area contributed by atoms with Crippen LogP contribution in [0.2, 0.25) is 0 Å². The molecule has 0 spiro atoms. The number of alkyl halides is 6. The van der Waals surface area contributed by atoms with E-state index in [1.54, 1.807) is 0 Å². The minimum atomic E-state index is -5.81. The summed E-state index contributed by atoms with van der Waals surface area (Å²) in [5.74, 6) is 0. The van der Waals surface area contributed by atoms with Crippen LogP contribution in [0.5, 0.6) is 0 Å². The van der Waals surface area contributed by atoms with E-state index in [0.717, 1.165) is 0 Å². The Balaban J connectivity index is -0.000000256. The van der Waals surface area contributed by atoms with Crippen LogP contribution in [0.4, 0.5) is 26.3 Å². The van der Waals surface area contributed by atoms with Crippen LogP contribution in [0.3, 0.4) is 0 Å². The third-order valence-electron chi connectivity index (χ3n) is 1.04. The monoisotopic (exact) mass is 389 g/mol. The Labute approximate surface area is 114 Å². The van der Waals surface area contributed by atoms with E-state index in [9.17, 15) is 52.3 Å². The largest absolute Gasteiger partial charge is 2.00 e. The van der Waals surface area contributed by atoms with Crippen LogP contribution in [-0.4, -0.2) is 49.8 Å². The standard InChI is InChI=1S/2C2H3F3O3S.Cu/c2*3-1-2(4,5)9(6,7)8;/h2*1H2,(H,6,7,8);/q;;+2/p-2. The third kappa shape index (κ3) is 7.94. The van der Waals surface area contributed by atoms with Gasteiger partial charge < -0.3 is 9.11 Å².